The van der Waals surface area contributed by atoms with Crippen LogP contribution in [0.1, 0.15) is 21.9 Å². The number of rotatable bonds is 4. The summed E-state index contributed by atoms with van der Waals surface area (Å²) in [6.45, 7) is 6.02. The zero-order chi connectivity index (χ0) is 18.1. The van der Waals surface area contributed by atoms with Crippen molar-refractivity contribution in [1.29, 1.82) is 0 Å². The van der Waals surface area contributed by atoms with E-state index in [0.29, 0.717) is 5.56 Å². The number of amides is 1. The molecule has 3 aromatic rings. The van der Waals surface area contributed by atoms with E-state index in [1.165, 1.54) is 0 Å². The van der Waals surface area contributed by atoms with Gasteiger partial charge in [0.05, 0.1) is 42.6 Å². The standard InChI is InChI=1S/C18H22N6O2/c1-12-14(10-19-23(12)2)18(25)20-13-3-4-15-16(9-13)22-17(21-15)11-24-5-7-26-8-6-24/h3-4,9-10H,5-8,11H2,1-2H3,(H,20,25)(H,21,22). The van der Waals surface area contributed by atoms with Crippen LogP contribution in [0.25, 0.3) is 11.0 Å². The van der Waals surface area contributed by atoms with E-state index in [2.05, 4.69) is 25.3 Å². The number of aromatic amines is 1. The Hall–Kier alpha value is -2.71. The molecule has 0 bridgehead atoms. The number of nitrogens with zero attached hydrogens (tertiary/aromatic N) is 4. The molecule has 26 heavy (non-hydrogen) atoms. The first kappa shape index (κ1) is 16.7. The number of benzene rings is 1. The van der Waals surface area contributed by atoms with Crippen LogP contribution in [-0.4, -0.2) is 56.9 Å². The number of carbonyl (C=O) groups excluding carboxylic acids is 1. The SMILES string of the molecule is Cc1c(C(=O)Nc2ccc3nc(CN4CCOCC4)[nH]c3c2)cnn1C. The van der Waals surface area contributed by atoms with Gasteiger partial charge in [-0.1, -0.05) is 0 Å². The van der Waals surface area contributed by atoms with Gasteiger partial charge in [-0.2, -0.15) is 5.10 Å². The van der Waals surface area contributed by atoms with E-state index in [9.17, 15) is 4.79 Å². The number of H-pyrrole nitrogens is 1. The van der Waals surface area contributed by atoms with Gasteiger partial charge in [-0.3, -0.25) is 14.4 Å². The smallest absolute Gasteiger partial charge is 0.259 e. The van der Waals surface area contributed by atoms with Crippen molar-refractivity contribution in [1.82, 2.24) is 24.6 Å². The van der Waals surface area contributed by atoms with E-state index in [4.69, 9.17) is 4.74 Å². The summed E-state index contributed by atoms with van der Waals surface area (Å²) in [7, 11) is 1.82. The van der Waals surface area contributed by atoms with Crippen molar-refractivity contribution >= 4 is 22.6 Å². The lowest BCUT2D eigenvalue weighted by Crippen LogP contribution is -2.35. The Morgan fingerprint density at radius 2 is 2.15 bits per heavy atom. The maximum Gasteiger partial charge on any atom is 0.259 e. The third-order valence-electron chi connectivity index (χ3n) is 4.75. The molecule has 1 aliphatic rings. The van der Waals surface area contributed by atoms with Gasteiger partial charge in [-0.05, 0) is 25.1 Å². The molecule has 0 spiro atoms. The molecule has 1 aliphatic heterocycles. The molecule has 1 amide bonds. The maximum absolute atomic E-state index is 12.4. The summed E-state index contributed by atoms with van der Waals surface area (Å²) in [5.41, 5.74) is 3.94. The molecule has 1 saturated heterocycles. The fraction of sp³-hybridized carbons (Fsp3) is 0.389. The Morgan fingerprint density at radius 3 is 2.88 bits per heavy atom. The van der Waals surface area contributed by atoms with Crippen molar-refractivity contribution in [3.8, 4) is 0 Å². The first-order chi connectivity index (χ1) is 12.6. The molecule has 8 heteroatoms. The molecule has 136 valence electrons. The van der Waals surface area contributed by atoms with E-state index < -0.39 is 0 Å². The van der Waals surface area contributed by atoms with Crippen molar-refractivity contribution in [3.63, 3.8) is 0 Å². The van der Waals surface area contributed by atoms with Crippen LogP contribution in [0, 0.1) is 6.92 Å². The third kappa shape index (κ3) is 3.33. The Balaban J connectivity index is 1.50. The number of aromatic nitrogens is 4. The Kier molecular flexibility index (Phi) is 4.44. The van der Waals surface area contributed by atoms with Crippen molar-refractivity contribution in [3.05, 3.63) is 41.5 Å². The van der Waals surface area contributed by atoms with Crippen molar-refractivity contribution in [2.24, 2.45) is 7.05 Å². The van der Waals surface area contributed by atoms with Crippen LogP contribution in [-0.2, 0) is 18.3 Å². The van der Waals surface area contributed by atoms with Crippen LogP contribution in [0.2, 0.25) is 0 Å². The number of imidazole rings is 1. The van der Waals surface area contributed by atoms with Gasteiger partial charge < -0.3 is 15.0 Å². The van der Waals surface area contributed by atoms with Crippen molar-refractivity contribution < 1.29 is 9.53 Å². The molecule has 2 N–H and O–H groups in total. The molecule has 3 heterocycles. The first-order valence-corrected chi connectivity index (χ1v) is 8.69. The average molecular weight is 354 g/mol. The monoisotopic (exact) mass is 354 g/mol. The average Bonchev–Trinajstić information content (AvgIpc) is 3.18. The van der Waals surface area contributed by atoms with E-state index in [1.54, 1.807) is 10.9 Å². The van der Waals surface area contributed by atoms with Gasteiger partial charge in [0.2, 0.25) is 0 Å². The van der Waals surface area contributed by atoms with Crippen LogP contribution in [0.5, 0.6) is 0 Å². The van der Waals surface area contributed by atoms with Crippen LogP contribution in [0.3, 0.4) is 0 Å². The third-order valence-corrected chi connectivity index (χ3v) is 4.75. The Labute approximate surface area is 151 Å². The molecule has 4 rings (SSSR count). The second-order valence-electron chi connectivity index (χ2n) is 6.53. The number of ether oxygens (including phenoxy) is 1. The Bertz CT molecular complexity index is 938. The summed E-state index contributed by atoms with van der Waals surface area (Å²) in [5, 5.41) is 7.04. The van der Waals surface area contributed by atoms with E-state index in [0.717, 1.165) is 61.1 Å². The summed E-state index contributed by atoms with van der Waals surface area (Å²) in [5.74, 6) is 0.761. The summed E-state index contributed by atoms with van der Waals surface area (Å²) in [6, 6.07) is 5.69. The van der Waals surface area contributed by atoms with Gasteiger partial charge in [0, 0.05) is 31.5 Å². The molecule has 0 unspecified atom stereocenters. The lowest BCUT2D eigenvalue weighted by Gasteiger charge is -2.25. The highest BCUT2D eigenvalue weighted by Gasteiger charge is 2.15. The lowest BCUT2D eigenvalue weighted by molar-refractivity contribution is 0.0332. The highest BCUT2D eigenvalue weighted by molar-refractivity contribution is 6.05. The number of nitrogens with one attached hydrogen (secondary N) is 2. The molecule has 2 aromatic heterocycles. The number of hydrogen-bond donors (Lipinski definition) is 2. The largest absolute Gasteiger partial charge is 0.379 e. The quantitative estimate of drug-likeness (QED) is 0.744. The zero-order valence-corrected chi connectivity index (χ0v) is 15.0. The van der Waals surface area contributed by atoms with E-state index in [1.807, 2.05) is 32.2 Å². The van der Waals surface area contributed by atoms with Crippen LogP contribution in [0.15, 0.2) is 24.4 Å². The number of hydrogen-bond acceptors (Lipinski definition) is 5. The molecule has 0 radical (unpaired) electrons. The van der Waals surface area contributed by atoms with Gasteiger partial charge in [0.25, 0.3) is 5.91 Å². The number of anilines is 1. The highest BCUT2D eigenvalue weighted by atomic mass is 16.5. The van der Waals surface area contributed by atoms with Crippen LogP contribution in [0.4, 0.5) is 5.69 Å². The van der Waals surface area contributed by atoms with Gasteiger partial charge in [-0.15, -0.1) is 0 Å². The van der Waals surface area contributed by atoms with Gasteiger partial charge in [0.1, 0.15) is 5.82 Å². The zero-order valence-electron chi connectivity index (χ0n) is 15.0. The first-order valence-electron chi connectivity index (χ1n) is 8.69. The number of aryl methyl sites for hydroxylation is 1. The maximum atomic E-state index is 12.4. The van der Waals surface area contributed by atoms with Gasteiger partial charge >= 0.3 is 0 Å². The second-order valence-corrected chi connectivity index (χ2v) is 6.53. The second kappa shape index (κ2) is 6.89. The van der Waals surface area contributed by atoms with Crippen molar-refractivity contribution in [2.75, 3.05) is 31.6 Å². The minimum atomic E-state index is -0.164. The minimum absolute atomic E-state index is 0.164. The lowest BCUT2D eigenvalue weighted by atomic mass is 10.2. The summed E-state index contributed by atoms with van der Waals surface area (Å²) >= 11 is 0. The molecular formula is C18H22N6O2. The summed E-state index contributed by atoms with van der Waals surface area (Å²) in [4.78, 5) is 22.7. The molecule has 1 aromatic carbocycles. The fourth-order valence-electron chi connectivity index (χ4n) is 3.11. The van der Waals surface area contributed by atoms with Gasteiger partial charge in [-0.25, -0.2) is 4.98 Å². The summed E-state index contributed by atoms with van der Waals surface area (Å²) in [6.07, 6.45) is 1.58. The predicted octanol–water partition coefficient (Wildman–Crippen LogP) is 1.69. The molecular weight excluding hydrogens is 332 g/mol. The van der Waals surface area contributed by atoms with Gasteiger partial charge in [0.15, 0.2) is 0 Å². The molecule has 1 fully saturated rings. The van der Waals surface area contributed by atoms with Crippen LogP contribution >= 0.6 is 0 Å². The normalized spacial score (nSPS) is 15.5. The molecule has 0 aliphatic carbocycles. The van der Waals surface area contributed by atoms with E-state index in [-0.39, 0.29) is 5.91 Å². The predicted molar refractivity (Wildman–Crippen MR) is 98.1 cm³/mol. The molecule has 0 atom stereocenters. The minimum Gasteiger partial charge on any atom is -0.379 e. The number of fused-ring (bicyclic) bond motifs is 1. The summed E-state index contributed by atoms with van der Waals surface area (Å²) < 4.78 is 7.06. The number of morpholine rings is 1. The highest BCUT2D eigenvalue weighted by Crippen LogP contribution is 2.19. The fourth-order valence-corrected chi connectivity index (χ4v) is 3.11. The molecule has 0 saturated carbocycles. The van der Waals surface area contributed by atoms with E-state index >= 15 is 0 Å². The Morgan fingerprint density at radius 1 is 1.35 bits per heavy atom. The topological polar surface area (TPSA) is 88.1 Å². The van der Waals surface area contributed by atoms with Crippen molar-refractivity contribution in [2.45, 2.75) is 13.5 Å². The molecule has 8 nitrogen and oxygen atoms in total. The van der Waals surface area contributed by atoms with Crippen LogP contribution < -0.4 is 5.32 Å². The number of carbonyl (C=O) groups is 1.